The summed E-state index contributed by atoms with van der Waals surface area (Å²) in [5, 5.41) is 23.6. The first kappa shape index (κ1) is 21.8. The van der Waals surface area contributed by atoms with Crippen molar-refractivity contribution in [2.75, 3.05) is 0 Å². The third-order valence-electron chi connectivity index (χ3n) is 6.05. The van der Waals surface area contributed by atoms with E-state index in [1.807, 2.05) is 0 Å². The lowest BCUT2D eigenvalue weighted by Gasteiger charge is -2.20. The quantitative estimate of drug-likeness (QED) is 0.322. The highest BCUT2D eigenvalue weighted by Crippen LogP contribution is 2.42. The first-order valence-corrected chi connectivity index (χ1v) is 10.9. The van der Waals surface area contributed by atoms with Crippen LogP contribution in [0.25, 0.3) is 21.9 Å². The van der Waals surface area contributed by atoms with Crippen LogP contribution < -0.4 is 11.3 Å². The standard InChI is InChI=1S/C27H19ClO6/c1-13-5-3-7-17-22(29)20(26(31)33-24(13)17)19(15-9-11-16(28)12-10-15)21-23(30)18-8-4-6-14(2)25(18)34-27(21)32/h3-12,19,29-30H,1-2H3. The lowest BCUT2D eigenvalue weighted by molar-refractivity contribution is 0.441. The van der Waals surface area contributed by atoms with Crippen LogP contribution in [0.1, 0.15) is 33.7 Å². The van der Waals surface area contributed by atoms with Gasteiger partial charge < -0.3 is 19.0 Å². The van der Waals surface area contributed by atoms with Crippen LogP contribution in [0.15, 0.2) is 79.1 Å². The summed E-state index contributed by atoms with van der Waals surface area (Å²) in [5.41, 5.74) is 0.234. The SMILES string of the molecule is Cc1cccc2c(O)c(C(c3ccc(Cl)cc3)c3c(O)c4cccc(C)c4oc3=O)c(=O)oc12. The highest BCUT2D eigenvalue weighted by Gasteiger charge is 2.32. The van der Waals surface area contributed by atoms with E-state index in [9.17, 15) is 19.8 Å². The molecule has 0 aliphatic carbocycles. The molecule has 0 saturated carbocycles. The number of fused-ring (bicyclic) bond motifs is 2. The van der Waals surface area contributed by atoms with Crippen molar-refractivity contribution in [3.05, 3.63) is 114 Å². The zero-order chi connectivity index (χ0) is 24.1. The molecule has 2 N–H and O–H groups in total. The molecule has 0 aliphatic heterocycles. The van der Waals surface area contributed by atoms with E-state index in [-0.39, 0.29) is 33.8 Å². The van der Waals surface area contributed by atoms with Gasteiger partial charge in [-0.05, 0) is 54.8 Å². The second-order valence-corrected chi connectivity index (χ2v) is 8.63. The summed E-state index contributed by atoms with van der Waals surface area (Å²) < 4.78 is 11.2. The third kappa shape index (κ3) is 3.35. The fraction of sp³-hybridized carbons (Fsp3) is 0.111. The summed E-state index contributed by atoms with van der Waals surface area (Å²) in [5.74, 6) is -1.85. The molecular weight excluding hydrogens is 456 g/mol. The van der Waals surface area contributed by atoms with Crippen LogP contribution in [0, 0.1) is 13.8 Å². The van der Waals surface area contributed by atoms with Gasteiger partial charge in [-0.3, -0.25) is 0 Å². The van der Waals surface area contributed by atoms with Crippen LogP contribution >= 0.6 is 11.6 Å². The Morgan fingerprint density at radius 1 is 0.706 bits per heavy atom. The molecule has 2 heterocycles. The van der Waals surface area contributed by atoms with Crippen LogP contribution in [0.4, 0.5) is 0 Å². The highest BCUT2D eigenvalue weighted by atomic mass is 35.5. The number of rotatable bonds is 3. The Morgan fingerprint density at radius 2 is 1.15 bits per heavy atom. The second-order valence-electron chi connectivity index (χ2n) is 8.19. The van der Waals surface area contributed by atoms with Gasteiger partial charge in [-0.25, -0.2) is 9.59 Å². The monoisotopic (exact) mass is 474 g/mol. The Balaban J connectivity index is 1.92. The molecule has 5 aromatic rings. The molecule has 0 unspecified atom stereocenters. The van der Waals surface area contributed by atoms with Gasteiger partial charge in [-0.1, -0.05) is 48.0 Å². The van der Waals surface area contributed by atoms with Crippen LogP contribution in [0.3, 0.4) is 0 Å². The lowest BCUT2D eigenvalue weighted by atomic mass is 9.84. The van der Waals surface area contributed by atoms with Gasteiger partial charge in [0.15, 0.2) is 0 Å². The smallest absolute Gasteiger partial charge is 0.344 e. The van der Waals surface area contributed by atoms with Crippen molar-refractivity contribution in [3.8, 4) is 11.5 Å². The first-order valence-electron chi connectivity index (χ1n) is 10.5. The third-order valence-corrected chi connectivity index (χ3v) is 6.31. The summed E-state index contributed by atoms with van der Waals surface area (Å²) in [7, 11) is 0. The molecule has 2 aromatic heterocycles. The van der Waals surface area contributed by atoms with Gasteiger partial charge in [0.25, 0.3) is 0 Å². The van der Waals surface area contributed by atoms with E-state index in [1.54, 1.807) is 74.5 Å². The van der Waals surface area contributed by atoms with Crippen molar-refractivity contribution in [2.45, 2.75) is 19.8 Å². The number of hydrogen-bond donors (Lipinski definition) is 2. The Kier molecular flexibility index (Phi) is 5.18. The molecule has 34 heavy (non-hydrogen) atoms. The summed E-state index contributed by atoms with van der Waals surface area (Å²) in [6, 6.07) is 16.6. The van der Waals surface area contributed by atoms with Crippen LogP contribution in [-0.2, 0) is 0 Å². The average molecular weight is 475 g/mol. The predicted molar refractivity (Wildman–Crippen MR) is 130 cm³/mol. The minimum atomic E-state index is -1.18. The number of aromatic hydroxyl groups is 2. The molecule has 5 rings (SSSR count). The van der Waals surface area contributed by atoms with Crippen molar-refractivity contribution in [3.63, 3.8) is 0 Å². The van der Waals surface area contributed by atoms with Crippen molar-refractivity contribution < 1.29 is 19.0 Å². The second kappa shape index (κ2) is 8.08. The molecule has 0 aliphatic rings. The molecule has 0 bridgehead atoms. The van der Waals surface area contributed by atoms with Crippen LogP contribution in [0.5, 0.6) is 11.5 Å². The van der Waals surface area contributed by atoms with E-state index in [4.69, 9.17) is 20.4 Å². The molecule has 6 nitrogen and oxygen atoms in total. The Labute approximate surface area is 198 Å². The van der Waals surface area contributed by atoms with E-state index in [2.05, 4.69) is 0 Å². The van der Waals surface area contributed by atoms with Gasteiger partial charge in [0, 0.05) is 5.02 Å². The molecule has 3 aromatic carbocycles. The van der Waals surface area contributed by atoms with Crippen molar-refractivity contribution in [2.24, 2.45) is 0 Å². The van der Waals surface area contributed by atoms with Gasteiger partial charge in [-0.2, -0.15) is 0 Å². The topological polar surface area (TPSA) is 101 Å². The summed E-state index contributed by atoms with van der Waals surface area (Å²) in [6.45, 7) is 3.51. The van der Waals surface area contributed by atoms with E-state index < -0.39 is 17.2 Å². The van der Waals surface area contributed by atoms with Crippen molar-refractivity contribution in [1.29, 1.82) is 0 Å². The molecule has 0 amide bonds. The predicted octanol–water partition coefficient (Wildman–Crippen LogP) is 5.76. The molecule has 7 heteroatoms. The molecule has 0 spiro atoms. The Hall–Kier alpha value is -4.03. The number of para-hydroxylation sites is 2. The fourth-order valence-corrected chi connectivity index (χ4v) is 4.50. The van der Waals surface area contributed by atoms with E-state index in [1.165, 1.54) is 0 Å². The normalized spacial score (nSPS) is 11.5. The fourth-order valence-electron chi connectivity index (χ4n) is 4.37. The maximum Gasteiger partial charge on any atom is 0.344 e. The summed E-state index contributed by atoms with van der Waals surface area (Å²) in [6.07, 6.45) is 0. The highest BCUT2D eigenvalue weighted by molar-refractivity contribution is 6.30. The average Bonchev–Trinajstić information content (AvgIpc) is 2.80. The molecule has 170 valence electrons. The Bertz CT molecular complexity index is 1590. The Morgan fingerprint density at radius 3 is 1.59 bits per heavy atom. The number of halogens is 1. The molecule has 0 saturated heterocycles. The number of benzene rings is 3. The van der Waals surface area contributed by atoms with E-state index >= 15 is 0 Å². The largest absolute Gasteiger partial charge is 0.507 e. The minimum Gasteiger partial charge on any atom is -0.507 e. The maximum atomic E-state index is 13.2. The molecule has 0 atom stereocenters. The molecular formula is C27H19ClO6. The maximum absolute atomic E-state index is 13.2. The molecule has 0 radical (unpaired) electrons. The van der Waals surface area contributed by atoms with Crippen LogP contribution in [-0.4, -0.2) is 10.2 Å². The number of hydrogen-bond acceptors (Lipinski definition) is 6. The van der Waals surface area contributed by atoms with Crippen molar-refractivity contribution >= 4 is 33.5 Å². The van der Waals surface area contributed by atoms with Gasteiger partial charge in [0.2, 0.25) is 0 Å². The molecule has 0 fully saturated rings. The van der Waals surface area contributed by atoms with Crippen molar-refractivity contribution in [1.82, 2.24) is 0 Å². The summed E-state index contributed by atoms with van der Waals surface area (Å²) in [4.78, 5) is 26.5. The zero-order valence-corrected chi connectivity index (χ0v) is 19.0. The first-order chi connectivity index (χ1) is 16.3. The van der Waals surface area contributed by atoms with Gasteiger partial charge in [0.05, 0.1) is 27.8 Å². The van der Waals surface area contributed by atoms with E-state index in [0.717, 1.165) is 0 Å². The van der Waals surface area contributed by atoms with Gasteiger partial charge in [-0.15, -0.1) is 0 Å². The van der Waals surface area contributed by atoms with Gasteiger partial charge in [0.1, 0.15) is 22.7 Å². The van der Waals surface area contributed by atoms with Crippen LogP contribution in [0.2, 0.25) is 5.02 Å². The van der Waals surface area contributed by atoms with E-state index in [0.29, 0.717) is 32.5 Å². The zero-order valence-electron chi connectivity index (χ0n) is 18.3. The lowest BCUT2D eigenvalue weighted by Crippen LogP contribution is -2.21. The summed E-state index contributed by atoms with van der Waals surface area (Å²) >= 11 is 6.07. The minimum absolute atomic E-state index is 0.185. The number of aryl methyl sites for hydroxylation is 2. The van der Waals surface area contributed by atoms with Gasteiger partial charge >= 0.3 is 11.3 Å².